The van der Waals surface area contributed by atoms with Gasteiger partial charge in [-0.3, -0.25) is 4.79 Å². The first kappa shape index (κ1) is 15.5. The summed E-state index contributed by atoms with van der Waals surface area (Å²) in [6.07, 6.45) is 0. The van der Waals surface area contributed by atoms with Gasteiger partial charge in [-0.05, 0) is 41.1 Å². The fourth-order valence-electron chi connectivity index (χ4n) is 2.05. The Kier molecular flexibility index (Phi) is 4.51. The van der Waals surface area contributed by atoms with Crippen LogP contribution in [0.3, 0.4) is 0 Å². The molecule has 1 aliphatic rings. The highest BCUT2D eigenvalue weighted by Crippen LogP contribution is 2.35. The number of thiocarbonyl (C=S) groups is 1. The Bertz CT molecular complexity index is 594. The van der Waals surface area contributed by atoms with Crippen LogP contribution in [0.5, 0.6) is 0 Å². The Morgan fingerprint density at radius 2 is 2.20 bits per heavy atom. The predicted octanol–water partition coefficient (Wildman–Crippen LogP) is 2.73. The second-order valence-electron chi connectivity index (χ2n) is 4.81. The lowest BCUT2D eigenvalue weighted by molar-refractivity contribution is -0.125. The zero-order valence-electron chi connectivity index (χ0n) is 11.7. The average molecular weight is 374 g/mol. The predicted molar refractivity (Wildman–Crippen MR) is 89.7 cm³/mol. The van der Waals surface area contributed by atoms with E-state index in [9.17, 15) is 4.79 Å². The van der Waals surface area contributed by atoms with Crippen LogP contribution in [0.1, 0.15) is 17.8 Å². The van der Waals surface area contributed by atoms with Crippen molar-refractivity contribution in [2.24, 2.45) is 0 Å². The molecule has 1 aromatic heterocycles. The second-order valence-corrected chi connectivity index (χ2v) is 7.05. The SMILES string of the molecule is CC1=C(C(=O)N(C)C)C(c2cc(Br)cs2)NC(=S)N1C. The van der Waals surface area contributed by atoms with Crippen LogP contribution in [0, 0.1) is 0 Å². The highest BCUT2D eigenvalue weighted by Gasteiger charge is 2.33. The molecule has 1 aliphatic heterocycles. The number of carbonyl (C=O) groups is 1. The smallest absolute Gasteiger partial charge is 0.253 e. The van der Waals surface area contributed by atoms with E-state index in [-0.39, 0.29) is 11.9 Å². The molecule has 0 spiro atoms. The van der Waals surface area contributed by atoms with Gasteiger partial charge in [-0.25, -0.2) is 0 Å². The quantitative estimate of drug-likeness (QED) is 0.808. The van der Waals surface area contributed by atoms with Gasteiger partial charge in [0.1, 0.15) is 0 Å². The molecule has 0 aliphatic carbocycles. The zero-order valence-corrected chi connectivity index (χ0v) is 14.9. The zero-order chi connectivity index (χ0) is 15.0. The number of thiophene rings is 1. The number of hydrogen-bond donors (Lipinski definition) is 1. The maximum atomic E-state index is 12.5. The number of amides is 1. The van der Waals surface area contributed by atoms with E-state index in [1.807, 2.05) is 30.3 Å². The maximum Gasteiger partial charge on any atom is 0.253 e. The molecule has 0 aromatic carbocycles. The molecule has 20 heavy (non-hydrogen) atoms. The van der Waals surface area contributed by atoms with Gasteiger partial charge in [0.2, 0.25) is 0 Å². The molecule has 0 bridgehead atoms. The number of nitrogens with one attached hydrogen (secondary N) is 1. The summed E-state index contributed by atoms with van der Waals surface area (Å²) in [4.78, 5) is 17.0. The van der Waals surface area contributed by atoms with Crippen molar-refractivity contribution in [2.75, 3.05) is 21.1 Å². The summed E-state index contributed by atoms with van der Waals surface area (Å²) in [7, 11) is 5.39. The van der Waals surface area contributed by atoms with Crippen LogP contribution < -0.4 is 5.32 Å². The van der Waals surface area contributed by atoms with E-state index >= 15 is 0 Å². The summed E-state index contributed by atoms with van der Waals surface area (Å²) in [5.74, 6) is -0.00104. The van der Waals surface area contributed by atoms with Gasteiger partial charge in [0.05, 0.1) is 11.6 Å². The van der Waals surface area contributed by atoms with Crippen molar-refractivity contribution in [3.8, 4) is 0 Å². The molecule has 2 heterocycles. The maximum absolute atomic E-state index is 12.5. The van der Waals surface area contributed by atoms with E-state index in [1.165, 1.54) is 0 Å². The van der Waals surface area contributed by atoms with Gasteiger partial charge in [-0.2, -0.15) is 0 Å². The molecule has 1 N–H and O–H groups in total. The number of carbonyl (C=O) groups excluding carboxylic acids is 1. The number of nitrogens with zero attached hydrogens (tertiary/aromatic N) is 2. The van der Waals surface area contributed by atoms with E-state index in [0.29, 0.717) is 5.11 Å². The van der Waals surface area contributed by atoms with E-state index < -0.39 is 0 Å². The summed E-state index contributed by atoms with van der Waals surface area (Å²) in [5.41, 5.74) is 1.63. The fraction of sp³-hybridized carbons (Fsp3) is 0.385. The van der Waals surface area contributed by atoms with Crippen LogP contribution in [-0.4, -0.2) is 42.0 Å². The van der Waals surface area contributed by atoms with Crippen LogP contribution >= 0.6 is 39.5 Å². The molecule has 0 saturated heterocycles. The first-order valence-corrected chi connectivity index (χ1v) is 8.11. The molecule has 2 rings (SSSR count). The van der Waals surface area contributed by atoms with Crippen LogP contribution in [-0.2, 0) is 4.79 Å². The monoisotopic (exact) mass is 373 g/mol. The summed E-state index contributed by atoms with van der Waals surface area (Å²) in [6, 6.07) is 1.83. The molecule has 1 aromatic rings. The lowest BCUT2D eigenvalue weighted by atomic mass is 9.99. The number of halogens is 1. The molecule has 1 unspecified atom stereocenters. The largest absolute Gasteiger partial charge is 0.350 e. The number of allylic oxidation sites excluding steroid dienone is 1. The number of likely N-dealkylation sites (N-methyl/N-ethyl adjacent to an activating group) is 1. The summed E-state index contributed by atoms with van der Waals surface area (Å²) >= 11 is 10.4. The third-order valence-corrected chi connectivity index (χ3v) is 5.41. The molecule has 0 radical (unpaired) electrons. The van der Waals surface area contributed by atoms with Crippen molar-refractivity contribution in [2.45, 2.75) is 13.0 Å². The minimum atomic E-state index is -0.190. The minimum absolute atomic E-state index is 0.00104. The molecule has 0 fully saturated rings. The number of hydrogen-bond acceptors (Lipinski definition) is 3. The topological polar surface area (TPSA) is 35.6 Å². The van der Waals surface area contributed by atoms with Crippen molar-refractivity contribution >= 4 is 50.5 Å². The van der Waals surface area contributed by atoms with Crippen molar-refractivity contribution in [1.29, 1.82) is 0 Å². The van der Waals surface area contributed by atoms with Crippen LogP contribution in [0.4, 0.5) is 0 Å². The van der Waals surface area contributed by atoms with Crippen molar-refractivity contribution in [1.82, 2.24) is 15.1 Å². The molecule has 0 saturated carbocycles. The van der Waals surface area contributed by atoms with Gasteiger partial charge >= 0.3 is 0 Å². The van der Waals surface area contributed by atoms with E-state index in [1.54, 1.807) is 30.3 Å². The molecule has 1 atom stereocenters. The first-order chi connectivity index (χ1) is 9.32. The van der Waals surface area contributed by atoms with Gasteiger partial charge < -0.3 is 15.1 Å². The second kappa shape index (κ2) is 5.83. The van der Waals surface area contributed by atoms with Gasteiger partial charge in [-0.1, -0.05) is 0 Å². The van der Waals surface area contributed by atoms with E-state index in [4.69, 9.17) is 12.2 Å². The summed E-state index contributed by atoms with van der Waals surface area (Å²) < 4.78 is 1.01. The molecular weight excluding hydrogens is 358 g/mol. The van der Waals surface area contributed by atoms with Crippen LogP contribution in [0.25, 0.3) is 0 Å². The van der Waals surface area contributed by atoms with E-state index in [2.05, 4.69) is 21.2 Å². The summed E-state index contributed by atoms with van der Waals surface area (Å²) in [6.45, 7) is 1.93. The van der Waals surface area contributed by atoms with Crippen molar-refractivity contribution in [3.63, 3.8) is 0 Å². The third-order valence-electron chi connectivity index (χ3n) is 3.26. The van der Waals surface area contributed by atoms with E-state index in [0.717, 1.165) is 20.6 Å². The standard InChI is InChI=1S/C13H16BrN3OS2/c1-7-10(12(18)16(2)3)11(15-13(19)17(7)4)9-5-8(14)6-20-9/h5-6,11H,1-4H3,(H,15,19). The van der Waals surface area contributed by atoms with Gasteiger partial charge in [0.15, 0.2) is 5.11 Å². The lowest BCUT2D eigenvalue weighted by Crippen LogP contribution is -2.47. The first-order valence-electron chi connectivity index (χ1n) is 6.03. The van der Waals surface area contributed by atoms with Crippen LogP contribution in [0.15, 0.2) is 27.2 Å². The molecule has 4 nitrogen and oxygen atoms in total. The molecule has 7 heteroatoms. The molecule has 1 amide bonds. The Morgan fingerprint density at radius 1 is 1.55 bits per heavy atom. The lowest BCUT2D eigenvalue weighted by Gasteiger charge is -2.36. The van der Waals surface area contributed by atoms with Crippen molar-refractivity contribution < 1.29 is 4.79 Å². The van der Waals surface area contributed by atoms with Gasteiger partial charge in [0, 0.05) is 41.6 Å². The van der Waals surface area contributed by atoms with Gasteiger partial charge in [0.25, 0.3) is 5.91 Å². The molecule has 108 valence electrons. The normalized spacial score (nSPS) is 19.1. The van der Waals surface area contributed by atoms with Crippen molar-refractivity contribution in [3.05, 3.63) is 32.1 Å². The number of rotatable bonds is 2. The minimum Gasteiger partial charge on any atom is -0.350 e. The highest BCUT2D eigenvalue weighted by molar-refractivity contribution is 9.10. The molecular formula is C13H16BrN3OS2. The average Bonchev–Trinajstić information content (AvgIpc) is 2.81. The Labute approximate surface area is 136 Å². The Balaban J connectivity index is 2.53. The van der Waals surface area contributed by atoms with Crippen LogP contribution in [0.2, 0.25) is 0 Å². The Morgan fingerprint density at radius 3 is 2.70 bits per heavy atom. The van der Waals surface area contributed by atoms with Gasteiger partial charge in [-0.15, -0.1) is 11.3 Å². The highest BCUT2D eigenvalue weighted by atomic mass is 79.9. The Hall–Kier alpha value is -0.920. The third kappa shape index (κ3) is 2.75. The fourth-order valence-corrected chi connectivity index (χ4v) is 3.80. The summed E-state index contributed by atoms with van der Waals surface area (Å²) in [5, 5.41) is 5.89.